The maximum Gasteiger partial charge on any atom is 0.141 e. The fourth-order valence-electron chi connectivity index (χ4n) is 2.17. The highest BCUT2D eigenvalue weighted by atomic mass is 35.5. The normalized spacial score (nSPS) is 13.9. The Labute approximate surface area is 131 Å². The summed E-state index contributed by atoms with van der Waals surface area (Å²) in [6.45, 7) is 2.03. The molecule has 21 heavy (non-hydrogen) atoms. The number of rotatable bonds is 5. The Morgan fingerprint density at radius 1 is 1.29 bits per heavy atom. The van der Waals surface area contributed by atoms with Crippen molar-refractivity contribution in [2.75, 3.05) is 12.8 Å². The molecule has 2 unspecified atom stereocenters. The van der Waals surface area contributed by atoms with Gasteiger partial charge in [0.05, 0.1) is 15.8 Å². The molecular formula is C16H17ClFNOS. The fourth-order valence-corrected chi connectivity index (χ4v) is 3.73. The number of benzene rings is 2. The first-order valence-electron chi connectivity index (χ1n) is 6.59. The monoisotopic (exact) mass is 325 g/mol. The zero-order chi connectivity index (χ0) is 15.4. The summed E-state index contributed by atoms with van der Waals surface area (Å²) in [5.74, 6) is -0.0926. The number of hydrogen-bond acceptors (Lipinski definition) is 2. The lowest BCUT2D eigenvalue weighted by atomic mass is 10.0. The molecule has 0 spiro atoms. The van der Waals surface area contributed by atoms with E-state index in [4.69, 9.17) is 11.6 Å². The lowest BCUT2D eigenvalue weighted by Crippen LogP contribution is -2.23. The molecule has 0 saturated heterocycles. The van der Waals surface area contributed by atoms with Crippen LogP contribution in [0.2, 0.25) is 5.02 Å². The van der Waals surface area contributed by atoms with Gasteiger partial charge in [0.2, 0.25) is 0 Å². The second kappa shape index (κ2) is 7.16. The highest BCUT2D eigenvalue weighted by Crippen LogP contribution is 2.23. The van der Waals surface area contributed by atoms with Crippen LogP contribution in [0, 0.1) is 12.7 Å². The van der Waals surface area contributed by atoms with E-state index in [1.54, 1.807) is 0 Å². The van der Waals surface area contributed by atoms with E-state index in [0.717, 1.165) is 11.1 Å². The molecule has 0 aliphatic heterocycles. The van der Waals surface area contributed by atoms with Crippen molar-refractivity contribution in [1.82, 2.24) is 5.32 Å². The molecular weight excluding hydrogens is 309 g/mol. The molecule has 2 aromatic carbocycles. The van der Waals surface area contributed by atoms with Gasteiger partial charge < -0.3 is 5.32 Å². The van der Waals surface area contributed by atoms with Crippen LogP contribution in [0.15, 0.2) is 47.4 Å². The summed E-state index contributed by atoms with van der Waals surface area (Å²) in [4.78, 5) is 0.537. The molecule has 0 heterocycles. The van der Waals surface area contributed by atoms with Gasteiger partial charge in [-0.05, 0) is 43.3 Å². The third-order valence-corrected chi connectivity index (χ3v) is 5.09. The minimum Gasteiger partial charge on any atom is -0.312 e. The van der Waals surface area contributed by atoms with Crippen molar-refractivity contribution < 1.29 is 8.60 Å². The van der Waals surface area contributed by atoms with Crippen molar-refractivity contribution in [2.45, 2.75) is 17.9 Å². The Morgan fingerprint density at radius 2 is 2.00 bits per heavy atom. The van der Waals surface area contributed by atoms with Crippen LogP contribution in [0.3, 0.4) is 0 Å². The van der Waals surface area contributed by atoms with Crippen LogP contribution < -0.4 is 5.32 Å². The largest absolute Gasteiger partial charge is 0.312 e. The SMILES string of the molecule is CNC(CS(=O)c1ccc(F)c(Cl)c1)c1ccccc1C. The molecule has 0 aromatic heterocycles. The van der Waals surface area contributed by atoms with Crippen LogP contribution in [0.5, 0.6) is 0 Å². The van der Waals surface area contributed by atoms with Gasteiger partial charge in [-0.1, -0.05) is 35.9 Å². The molecule has 2 rings (SSSR count). The first-order chi connectivity index (χ1) is 10.0. The number of hydrogen-bond donors (Lipinski definition) is 1. The van der Waals surface area contributed by atoms with Gasteiger partial charge in [0.25, 0.3) is 0 Å². The quantitative estimate of drug-likeness (QED) is 0.904. The van der Waals surface area contributed by atoms with E-state index in [9.17, 15) is 8.60 Å². The smallest absolute Gasteiger partial charge is 0.141 e. The van der Waals surface area contributed by atoms with Gasteiger partial charge in [0, 0.05) is 16.7 Å². The Bertz CT molecular complexity index is 662. The number of aryl methyl sites for hydroxylation is 1. The molecule has 112 valence electrons. The summed E-state index contributed by atoms with van der Waals surface area (Å²) in [7, 11) is 0.585. The zero-order valence-corrected chi connectivity index (χ0v) is 13.5. The molecule has 0 radical (unpaired) electrons. The second-order valence-electron chi connectivity index (χ2n) is 4.79. The number of halogens is 2. The third-order valence-electron chi connectivity index (χ3n) is 3.38. The summed E-state index contributed by atoms with van der Waals surface area (Å²) in [6.07, 6.45) is 0. The molecule has 2 nitrogen and oxygen atoms in total. The lowest BCUT2D eigenvalue weighted by Gasteiger charge is -2.18. The minimum absolute atomic E-state index is 0.00208. The second-order valence-corrected chi connectivity index (χ2v) is 6.69. The maximum atomic E-state index is 13.2. The van der Waals surface area contributed by atoms with Gasteiger partial charge in [-0.3, -0.25) is 4.21 Å². The molecule has 2 atom stereocenters. The van der Waals surface area contributed by atoms with Crippen molar-refractivity contribution in [3.8, 4) is 0 Å². The van der Waals surface area contributed by atoms with E-state index in [1.165, 1.54) is 18.2 Å². The Kier molecular flexibility index (Phi) is 5.51. The fraction of sp³-hybridized carbons (Fsp3) is 0.250. The molecule has 0 saturated carbocycles. The maximum absolute atomic E-state index is 13.2. The van der Waals surface area contributed by atoms with Crippen molar-refractivity contribution in [2.24, 2.45) is 0 Å². The summed E-state index contributed by atoms with van der Waals surface area (Å²) in [5, 5.41) is 3.18. The van der Waals surface area contributed by atoms with Crippen LogP contribution in [-0.2, 0) is 10.8 Å². The molecule has 0 aliphatic rings. The van der Waals surface area contributed by atoms with Gasteiger partial charge in [0.1, 0.15) is 5.82 Å². The van der Waals surface area contributed by atoms with Crippen molar-refractivity contribution in [1.29, 1.82) is 0 Å². The number of nitrogens with one attached hydrogen (secondary N) is 1. The summed E-state index contributed by atoms with van der Waals surface area (Å²) < 4.78 is 25.6. The zero-order valence-electron chi connectivity index (χ0n) is 11.9. The van der Waals surface area contributed by atoms with Crippen LogP contribution in [0.4, 0.5) is 4.39 Å². The summed E-state index contributed by atoms with van der Waals surface area (Å²) >= 11 is 5.75. The molecule has 0 amide bonds. The standard InChI is InChI=1S/C16H17ClFNOS/c1-11-5-3-4-6-13(11)16(19-2)10-21(20)12-7-8-15(18)14(17)9-12/h3-9,16,19H,10H2,1-2H3. The van der Waals surface area contributed by atoms with Crippen LogP contribution in [0.1, 0.15) is 17.2 Å². The van der Waals surface area contributed by atoms with Gasteiger partial charge in [-0.25, -0.2) is 4.39 Å². The van der Waals surface area contributed by atoms with Crippen LogP contribution >= 0.6 is 11.6 Å². The minimum atomic E-state index is -1.25. The predicted octanol–water partition coefficient (Wildman–Crippen LogP) is 3.86. The van der Waals surface area contributed by atoms with Crippen molar-refractivity contribution >= 4 is 22.4 Å². The average molecular weight is 326 g/mol. The van der Waals surface area contributed by atoms with E-state index in [-0.39, 0.29) is 11.1 Å². The van der Waals surface area contributed by atoms with Crippen molar-refractivity contribution in [3.05, 3.63) is 64.4 Å². The highest BCUT2D eigenvalue weighted by molar-refractivity contribution is 7.85. The van der Waals surface area contributed by atoms with Gasteiger partial charge in [-0.15, -0.1) is 0 Å². The Balaban J connectivity index is 2.20. The molecule has 1 N–H and O–H groups in total. The first kappa shape index (κ1) is 16.1. The van der Waals surface area contributed by atoms with Crippen LogP contribution in [0.25, 0.3) is 0 Å². The predicted molar refractivity (Wildman–Crippen MR) is 85.7 cm³/mol. The van der Waals surface area contributed by atoms with E-state index in [0.29, 0.717) is 10.6 Å². The van der Waals surface area contributed by atoms with Gasteiger partial charge in [0.15, 0.2) is 0 Å². The van der Waals surface area contributed by atoms with E-state index >= 15 is 0 Å². The average Bonchev–Trinajstić information content (AvgIpc) is 2.48. The lowest BCUT2D eigenvalue weighted by molar-refractivity contribution is 0.624. The Hall–Kier alpha value is -1.23. The third kappa shape index (κ3) is 3.90. The highest BCUT2D eigenvalue weighted by Gasteiger charge is 2.16. The van der Waals surface area contributed by atoms with Gasteiger partial charge in [-0.2, -0.15) is 0 Å². The summed E-state index contributed by atoms with van der Waals surface area (Å²) in [6, 6.07) is 12.1. The molecule has 2 aromatic rings. The van der Waals surface area contributed by atoms with E-state index in [1.807, 2.05) is 38.2 Å². The van der Waals surface area contributed by atoms with Gasteiger partial charge >= 0.3 is 0 Å². The molecule has 0 aliphatic carbocycles. The summed E-state index contributed by atoms with van der Waals surface area (Å²) in [5.41, 5.74) is 2.26. The van der Waals surface area contributed by atoms with Crippen molar-refractivity contribution in [3.63, 3.8) is 0 Å². The van der Waals surface area contributed by atoms with E-state index < -0.39 is 16.6 Å². The molecule has 5 heteroatoms. The first-order valence-corrected chi connectivity index (χ1v) is 8.29. The van der Waals surface area contributed by atoms with E-state index in [2.05, 4.69) is 5.32 Å². The molecule has 0 bridgehead atoms. The Morgan fingerprint density at radius 3 is 2.62 bits per heavy atom. The van der Waals surface area contributed by atoms with Crippen LogP contribution in [-0.4, -0.2) is 17.0 Å². The molecule has 0 fully saturated rings. The topological polar surface area (TPSA) is 29.1 Å².